The van der Waals surface area contributed by atoms with Gasteiger partial charge in [0.15, 0.2) is 0 Å². The van der Waals surface area contributed by atoms with E-state index in [0.29, 0.717) is 17.9 Å². The maximum absolute atomic E-state index is 13.4. The number of hydrogen-bond acceptors (Lipinski definition) is 5. The predicted octanol–water partition coefficient (Wildman–Crippen LogP) is 4.68. The van der Waals surface area contributed by atoms with E-state index in [0.717, 1.165) is 29.5 Å². The number of pyridine rings is 1. The maximum Gasteiger partial charge on any atom is 0.278 e. The number of carbonyl (C=O) groups excluding carboxylic acids is 1. The van der Waals surface area contributed by atoms with Crippen molar-refractivity contribution >= 4 is 28.7 Å². The molecule has 7 heteroatoms. The third-order valence-electron chi connectivity index (χ3n) is 4.46. The van der Waals surface area contributed by atoms with Crippen molar-refractivity contribution in [3.05, 3.63) is 70.1 Å². The first-order valence-corrected chi connectivity index (χ1v) is 10.1. The van der Waals surface area contributed by atoms with Crippen molar-refractivity contribution in [2.75, 3.05) is 22.9 Å². The zero-order valence-corrected chi connectivity index (χ0v) is 17.0. The molecule has 0 bridgehead atoms. The molecule has 0 aliphatic rings. The molecule has 0 atom stereocenters. The Labute approximate surface area is 168 Å². The van der Waals surface area contributed by atoms with Crippen molar-refractivity contribution in [3.63, 3.8) is 0 Å². The maximum atomic E-state index is 13.4. The van der Waals surface area contributed by atoms with Crippen LogP contribution < -0.4 is 9.80 Å². The first-order chi connectivity index (χ1) is 13.5. The van der Waals surface area contributed by atoms with Gasteiger partial charge in [-0.15, -0.1) is 11.3 Å². The van der Waals surface area contributed by atoms with Crippen LogP contribution in [0.25, 0.3) is 0 Å². The number of aryl methyl sites for hydroxylation is 1. The second kappa shape index (κ2) is 8.93. The highest BCUT2D eigenvalue weighted by Gasteiger charge is 2.21. The van der Waals surface area contributed by atoms with Gasteiger partial charge in [0.25, 0.3) is 5.91 Å². The molecule has 3 aromatic rings. The van der Waals surface area contributed by atoms with Gasteiger partial charge < -0.3 is 9.80 Å². The number of amides is 1. The molecule has 0 N–H and O–H groups in total. The Kier molecular flexibility index (Phi) is 6.36. The minimum atomic E-state index is -0.342. The van der Waals surface area contributed by atoms with Crippen LogP contribution in [0.3, 0.4) is 0 Å². The molecule has 0 saturated carbocycles. The minimum Gasteiger partial charge on any atom is -0.357 e. The molecule has 0 radical (unpaired) electrons. The molecule has 1 aromatic carbocycles. The Morgan fingerprint density at radius 3 is 2.36 bits per heavy atom. The molecule has 3 rings (SSSR count). The van der Waals surface area contributed by atoms with Crippen molar-refractivity contribution in [2.24, 2.45) is 0 Å². The summed E-state index contributed by atoms with van der Waals surface area (Å²) in [5.41, 5.74) is 1.89. The molecule has 2 heterocycles. The number of nitrogens with zero attached hydrogens (tertiary/aromatic N) is 4. The normalized spacial score (nSPS) is 10.7. The second-order valence-electron chi connectivity index (χ2n) is 6.32. The summed E-state index contributed by atoms with van der Waals surface area (Å²) in [6.07, 6.45) is 1.78. The molecule has 1 amide bonds. The number of benzene rings is 1. The van der Waals surface area contributed by atoms with Crippen LogP contribution in [0.5, 0.6) is 0 Å². The topological polar surface area (TPSA) is 49.3 Å². The fourth-order valence-corrected chi connectivity index (χ4v) is 3.52. The fraction of sp³-hybridized carbons (Fsp3) is 0.286. The average molecular weight is 399 g/mol. The molecule has 0 spiro atoms. The predicted molar refractivity (Wildman–Crippen MR) is 112 cm³/mol. The van der Waals surface area contributed by atoms with Gasteiger partial charge in [-0.1, -0.05) is 6.07 Å². The lowest BCUT2D eigenvalue weighted by Crippen LogP contribution is -2.31. The van der Waals surface area contributed by atoms with E-state index in [1.165, 1.54) is 23.5 Å². The highest BCUT2D eigenvalue weighted by molar-refractivity contribution is 7.09. The van der Waals surface area contributed by atoms with E-state index in [9.17, 15) is 9.18 Å². The van der Waals surface area contributed by atoms with E-state index < -0.39 is 0 Å². The van der Waals surface area contributed by atoms with Gasteiger partial charge in [-0.05, 0) is 56.7 Å². The molecule has 5 nitrogen and oxygen atoms in total. The van der Waals surface area contributed by atoms with Gasteiger partial charge in [-0.2, -0.15) is 0 Å². The summed E-state index contributed by atoms with van der Waals surface area (Å²) in [7, 11) is 0. The molecular weight excluding hydrogens is 375 g/mol. The van der Waals surface area contributed by atoms with Crippen LogP contribution in [-0.4, -0.2) is 29.0 Å². The van der Waals surface area contributed by atoms with Gasteiger partial charge in [0.1, 0.15) is 17.3 Å². The molecule has 0 unspecified atom stereocenters. The summed E-state index contributed by atoms with van der Waals surface area (Å²) in [6, 6.07) is 9.83. The molecule has 146 valence electrons. The number of thiazole rings is 1. The summed E-state index contributed by atoms with van der Waals surface area (Å²) in [5, 5.41) is 2.57. The van der Waals surface area contributed by atoms with Gasteiger partial charge in [0.2, 0.25) is 0 Å². The number of hydrogen-bond donors (Lipinski definition) is 0. The summed E-state index contributed by atoms with van der Waals surface area (Å²) in [5.74, 6) is 0.346. The van der Waals surface area contributed by atoms with E-state index in [-0.39, 0.29) is 11.7 Å². The Hall–Kier alpha value is -2.80. The van der Waals surface area contributed by atoms with Crippen LogP contribution in [0.4, 0.5) is 15.9 Å². The van der Waals surface area contributed by atoms with Crippen molar-refractivity contribution in [2.45, 2.75) is 27.3 Å². The first kappa shape index (κ1) is 19.9. The van der Waals surface area contributed by atoms with Crippen molar-refractivity contribution < 1.29 is 9.18 Å². The number of rotatable bonds is 7. The van der Waals surface area contributed by atoms with Gasteiger partial charge in [0, 0.05) is 30.4 Å². The molecule has 0 saturated heterocycles. The third kappa shape index (κ3) is 4.54. The lowest BCUT2D eigenvalue weighted by Gasteiger charge is -2.23. The first-order valence-electron chi connectivity index (χ1n) is 9.21. The molecule has 0 aliphatic carbocycles. The highest BCUT2D eigenvalue weighted by Crippen LogP contribution is 2.22. The van der Waals surface area contributed by atoms with Crippen LogP contribution >= 0.6 is 11.3 Å². The Balaban J connectivity index is 1.88. The number of aromatic nitrogens is 2. The summed E-state index contributed by atoms with van der Waals surface area (Å²) >= 11 is 1.43. The van der Waals surface area contributed by atoms with E-state index in [2.05, 4.69) is 28.7 Å². The summed E-state index contributed by atoms with van der Waals surface area (Å²) in [4.78, 5) is 25.7. The van der Waals surface area contributed by atoms with Crippen LogP contribution in [0, 0.1) is 12.7 Å². The average Bonchev–Trinajstić information content (AvgIpc) is 3.15. The van der Waals surface area contributed by atoms with Crippen LogP contribution in [0.15, 0.2) is 48.0 Å². The largest absolute Gasteiger partial charge is 0.357 e. The van der Waals surface area contributed by atoms with E-state index in [1.54, 1.807) is 28.6 Å². The highest BCUT2D eigenvalue weighted by atomic mass is 32.1. The van der Waals surface area contributed by atoms with Crippen LogP contribution in [0.2, 0.25) is 0 Å². The van der Waals surface area contributed by atoms with Crippen molar-refractivity contribution in [3.8, 4) is 0 Å². The SMILES string of the molecule is CCN(CC)c1ccc(CN(C(=O)c2csc(C)n2)c2ccc(F)cc2)cn1. The van der Waals surface area contributed by atoms with Crippen LogP contribution in [0.1, 0.15) is 34.9 Å². The standard InChI is InChI=1S/C21H23FN4OS/c1-4-25(5-2)20-11-6-16(12-23-20)13-26(18-9-7-17(22)8-10-18)21(27)19-14-28-15(3)24-19/h6-12,14H,4-5,13H2,1-3H3. The zero-order valence-electron chi connectivity index (χ0n) is 16.2. The monoisotopic (exact) mass is 398 g/mol. The van der Waals surface area contributed by atoms with Crippen molar-refractivity contribution in [1.29, 1.82) is 0 Å². The number of carbonyl (C=O) groups is 1. The lowest BCUT2D eigenvalue weighted by molar-refractivity contribution is 0.0981. The Morgan fingerprint density at radius 1 is 1.11 bits per heavy atom. The molecule has 0 fully saturated rings. The minimum absolute atomic E-state index is 0.219. The van der Waals surface area contributed by atoms with Crippen molar-refractivity contribution in [1.82, 2.24) is 9.97 Å². The third-order valence-corrected chi connectivity index (χ3v) is 5.23. The van der Waals surface area contributed by atoms with Gasteiger partial charge in [0.05, 0.1) is 11.6 Å². The molecular formula is C21H23FN4OS. The summed E-state index contributed by atoms with van der Waals surface area (Å²) in [6.45, 7) is 8.12. The van der Waals surface area contributed by atoms with Gasteiger partial charge >= 0.3 is 0 Å². The Morgan fingerprint density at radius 2 is 1.82 bits per heavy atom. The quantitative estimate of drug-likeness (QED) is 0.580. The molecule has 0 aliphatic heterocycles. The lowest BCUT2D eigenvalue weighted by atomic mass is 10.2. The fourth-order valence-electron chi connectivity index (χ4n) is 2.93. The second-order valence-corrected chi connectivity index (χ2v) is 7.38. The van der Waals surface area contributed by atoms with Gasteiger partial charge in [-0.25, -0.2) is 14.4 Å². The number of halogens is 1. The van der Waals surface area contributed by atoms with E-state index in [4.69, 9.17) is 0 Å². The van der Waals surface area contributed by atoms with Crippen LogP contribution in [-0.2, 0) is 6.54 Å². The summed E-state index contributed by atoms with van der Waals surface area (Å²) < 4.78 is 13.4. The van der Waals surface area contributed by atoms with E-state index in [1.807, 2.05) is 19.1 Å². The van der Waals surface area contributed by atoms with E-state index >= 15 is 0 Å². The smallest absolute Gasteiger partial charge is 0.278 e. The number of anilines is 2. The Bertz CT molecular complexity index is 920. The zero-order chi connectivity index (χ0) is 20.1. The molecule has 28 heavy (non-hydrogen) atoms. The van der Waals surface area contributed by atoms with Gasteiger partial charge in [-0.3, -0.25) is 4.79 Å². The molecule has 2 aromatic heterocycles.